The number of sulfonamides is 1. The van der Waals surface area contributed by atoms with E-state index in [2.05, 4.69) is 4.72 Å². The molecule has 0 aliphatic rings. The second kappa shape index (κ2) is 6.01. The maximum Gasteiger partial charge on any atom is 0.236 e. The van der Waals surface area contributed by atoms with Crippen molar-refractivity contribution in [1.29, 1.82) is 0 Å². The van der Waals surface area contributed by atoms with Gasteiger partial charge in [0.2, 0.25) is 10.0 Å². The lowest BCUT2D eigenvalue weighted by molar-refractivity contribution is 0.387. The predicted octanol–water partition coefficient (Wildman–Crippen LogP) is 2.36. The summed E-state index contributed by atoms with van der Waals surface area (Å²) in [6, 6.07) is 10.3. The maximum absolute atomic E-state index is 13.3. The zero-order valence-corrected chi connectivity index (χ0v) is 12.2. The van der Waals surface area contributed by atoms with Crippen molar-refractivity contribution in [3.8, 4) is 5.75 Å². The van der Waals surface area contributed by atoms with Crippen LogP contribution in [0.25, 0.3) is 0 Å². The highest BCUT2D eigenvalue weighted by Crippen LogP contribution is 2.22. The van der Waals surface area contributed by atoms with E-state index in [1.807, 2.05) is 0 Å². The largest absolute Gasteiger partial charge is 0.494 e. The first-order chi connectivity index (χ1) is 9.89. The summed E-state index contributed by atoms with van der Waals surface area (Å²) in [6.07, 6.45) is 0. The van der Waals surface area contributed by atoms with Gasteiger partial charge in [0.15, 0.2) is 11.6 Å². The Morgan fingerprint density at radius 1 is 1.19 bits per heavy atom. The van der Waals surface area contributed by atoms with Crippen LogP contribution in [0.3, 0.4) is 0 Å². The number of methoxy groups -OCH3 is 1. The first-order valence-electron chi connectivity index (χ1n) is 6.08. The minimum Gasteiger partial charge on any atom is -0.494 e. The van der Waals surface area contributed by atoms with E-state index in [4.69, 9.17) is 10.5 Å². The molecule has 2 rings (SSSR count). The lowest BCUT2D eigenvalue weighted by Gasteiger charge is -2.10. The number of nitrogen functional groups attached to an aromatic ring is 1. The molecular formula is C14H15FN2O3S. The van der Waals surface area contributed by atoms with Gasteiger partial charge in [-0.3, -0.25) is 4.72 Å². The van der Waals surface area contributed by atoms with Crippen LogP contribution < -0.4 is 15.2 Å². The Balaban J connectivity index is 2.15. The molecule has 0 saturated carbocycles. The van der Waals surface area contributed by atoms with Crippen molar-refractivity contribution < 1.29 is 17.5 Å². The van der Waals surface area contributed by atoms with E-state index in [-0.39, 0.29) is 17.2 Å². The number of benzene rings is 2. The molecule has 2 aromatic rings. The number of nitrogens with two attached hydrogens (primary N) is 1. The molecule has 112 valence electrons. The molecule has 7 heteroatoms. The number of halogens is 1. The molecule has 0 unspecified atom stereocenters. The summed E-state index contributed by atoms with van der Waals surface area (Å²) in [7, 11) is -2.30. The summed E-state index contributed by atoms with van der Waals surface area (Å²) in [5, 5.41) is 0. The van der Waals surface area contributed by atoms with Gasteiger partial charge in [0.25, 0.3) is 0 Å². The van der Waals surface area contributed by atoms with Gasteiger partial charge in [-0.25, -0.2) is 12.8 Å². The van der Waals surface area contributed by atoms with E-state index in [1.54, 1.807) is 24.3 Å². The maximum atomic E-state index is 13.3. The normalized spacial score (nSPS) is 11.1. The van der Waals surface area contributed by atoms with E-state index in [0.29, 0.717) is 11.3 Å². The summed E-state index contributed by atoms with van der Waals surface area (Å²) >= 11 is 0. The number of ether oxygens (including phenoxy) is 1. The Morgan fingerprint density at radius 3 is 2.48 bits per heavy atom. The van der Waals surface area contributed by atoms with Gasteiger partial charge in [0.1, 0.15) is 0 Å². The van der Waals surface area contributed by atoms with Crippen LogP contribution >= 0.6 is 0 Å². The smallest absolute Gasteiger partial charge is 0.236 e. The molecule has 0 bridgehead atoms. The third-order valence-corrected chi connectivity index (χ3v) is 4.02. The van der Waals surface area contributed by atoms with Gasteiger partial charge >= 0.3 is 0 Å². The first kappa shape index (κ1) is 15.1. The molecule has 0 heterocycles. The van der Waals surface area contributed by atoms with Gasteiger partial charge in [-0.05, 0) is 29.8 Å². The van der Waals surface area contributed by atoms with Gasteiger partial charge in [-0.15, -0.1) is 0 Å². The van der Waals surface area contributed by atoms with Crippen molar-refractivity contribution in [2.24, 2.45) is 0 Å². The lowest BCUT2D eigenvalue weighted by atomic mass is 10.2. The standard InChI is InChI=1S/C14H15FN2O3S/c1-20-14-8-12(6-7-13(14)15)17-21(18,19)9-10-2-4-11(16)5-3-10/h2-8,17H,9,16H2,1H3. The Hall–Kier alpha value is -2.28. The van der Waals surface area contributed by atoms with Crippen LogP contribution in [0.1, 0.15) is 5.56 Å². The third kappa shape index (κ3) is 4.09. The van der Waals surface area contributed by atoms with Crippen molar-refractivity contribution >= 4 is 21.4 Å². The Morgan fingerprint density at radius 2 is 1.86 bits per heavy atom. The number of hydrogen-bond acceptors (Lipinski definition) is 4. The molecule has 3 N–H and O–H groups in total. The average molecular weight is 310 g/mol. The Labute approximate surface area is 122 Å². The minimum absolute atomic E-state index is 0.0253. The Kier molecular flexibility index (Phi) is 4.32. The molecule has 5 nitrogen and oxygen atoms in total. The molecule has 0 spiro atoms. The summed E-state index contributed by atoms with van der Waals surface area (Å²) in [5.41, 5.74) is 6.95. The number of hydrogen-bond donors (Lipinski definition) is 2. The van der Waals surface area contributed by atoms with Gasteiger partial charge in [0, 0.05) is 11.8 Å². The van der Waals surface area contributed by atoms with Crippen molar-refractivity contribution in [3.05, 3.63) is 53.8 Å². The fourth-order valence-corrected chi connectivity index (χ4v) is 2.96. The molecule has 0 aliphatic carbocycles. The van der Waals surface area contributed by atoms with Gasteiger partial charge in [-0.1, -0.05) is 12.1 Å². The van der Waals surface area contributed by atoms with Gasteiger partial charge in [-0.2, -0.15) is 0 Å². The van der Waals surface area contributed by atoms with Crippen LogP contribution in [0.15, 0.2) is 42.5 Å². The van der Waals surface area contributed by atoms with Crippen molar-refractivity contribution in [3.63, 3.8) is 0 Å². The fraction of sp³-hybridized carbons (Fsp3) is 0.143. The quantitative estimate of drug-likeness (QED) is 0.831. The van der Waals surface area contributed by atoms with Crippen LogP contribution in [0.5, 0.6) is 5.75 Å². The predicted molar refractivity (Wildman–Crippen MR) is 80.1 cm³/mol. The Bertz CT molecular complexity index is 730. The van der Waals surface area contributed by atoms with Gasteiger partial charge in [0.05, 0.1) is 18.6 Å². The van der Waals surface area contributed by atoms with Crippen LogP contribution in [-0.2, 0) is 15.8 Å². The first-order valence-corrected chi connectivity index (χ1v) is 7.73. The molecule has 0 radical (unpaired) electrons. The molecule has 21 heavy (non-hydrogen) atoms. The van der Waals surface area contributed by atoms with Gasteiger partial charge < -0.3 is 10.5 Å². The highest BCUT2D eigenvalue weighted by molar-refractivity contribution is 7.91. The SMILES string of the molecule is COc1cc(NS(=O)(=O)Cc2ccc(N)cc2)ccc1F. The topological polar surface area (TPSA) is 81.4 Å². The molecule has 0 amide bonds. The van der Waals surface area contributed by atoms with Crippen LogP contribution in [-0.4, -0.2) is 15.5 Å². The monoisotopic (exact) mass is 310 g/mol. The number of anilines is 2. The molecule has 2 aromatic carbocycles. The minimum atomic E-state index is -3.61. The van der Waals surface area contributed by atoms with Crippen LogP contribution in [0.2, 0.25) is 0 Å². The van der Waals surface area contributed by atoms with E-state index in [0.717, 1.165) is 6.07 Å². The number of rotatable bonds is 5. The van der Waals surface area contributed by atoms with Crippen molar-refractivity contribution in [1.82, 2.24) is 0 Å². The zero-order valence-electron chi connectivity index (χ0n) is 11.3. The van der Waals surface area contributed by atoms with Crippen molar-refractivity contribution in [2.45, 2.75) is 5.75 Å². The number of nitrogens with one attached hydrogen (secondary N) is 1. The fourth-order valence-electron chi connectivity index (χ4n) is 1.77. The van der Waals surface area contributed by atoms with Crippen LogP contribution in [0.4, 0.5) is 15.8 Å². The molecule has 0 aliphatic heterocycles. The summed E-state index contributed by atoms with van der Waals surface area (Å²) in [5.74, 6) is -0.783. The second-order valence-corrected chi connectivity index (χ2v) is 6.17. The van der Waals surface area contributed by atoms with Crippen molar-refractivity contribution in [2.75, 3.05) is 17.6 Å². The van der Waals surface area contributed by atoms with E-state index < -0.39 is 15.8 Å². The molecule has 0 fully saturated rings. The molecular weight excluding hydrogens is 295 g/mol. The zero-order chi connectivity index (χ0) is 15.5. The molecule has 0 saturated heterocycles. The average Bonchev–Trinajstić information content (AvgIpc) is 2.43. The third-order valence-electron chi connectivity index (χ3n) is 2.76. The highest BCUT2D eigenvalue weighted by Gasteiger charge is 2.13. The van der Waals surface area contributed by atoms with E-state index in [9.17, 15) is 12.8 Å². The van der Waals surface area contributed by atoms with E-state index >= 15 is 0 Å². The molecule has 0 aromatic heterocycles. The molecule has 0 atom stereocenters. The summed E-state index contributed by atoms with van der Waals surface area (Å²) in [4.78, 5) is 0. The highest BCUT2D eigenvalue weighted by atomic mass is 32.2. The lowest BCUT2D eigenvalue weighted by Crippen LogP contribution is -2.15. The summed E-state index contributed by atoms with van der Waals surface area (Å²) < 4.78 is 44.6. The van der Waals surface area contributed by atoms with E-state index in [1.165, 1.54) is 19.2 Å². The second-order valence-electron chi connectivity index (χ2n) is 4.45. The van der Waals surface area contributed by atoms with Crippen LogP contribution in [0, 0.1) is 5.82 Å². The summed E-state index contributed by atoms with van der Waals surface area (Å²) in [6.45, 7) is 0.